The standard InChI is InChI=1S/C27H46O2/c1-17(2)6-11-25(28)18(3)23-9-10-24-22-8-7-19-16-26(4,29)14-12-20(19)21(22)13-15-27(23,24)5/h7,17-18,20-25,28-29H,6,8-16H2,1-5H3/t18-,20-,21?,22+,23+,24-,25?,26-,27+/m0/s1. The van der Waals surface area contributed by atoms with Crippen molar-refractivity contribution in [1.29, 1.82) is 0 Å². The second-order valence-electron chi connectivity index (χ2n) is 12.4. The summed E-state index contributed by atoms with van der Waals surface area (Å²) in [5.41, 5.74) is 1.53. The van der Waals surface area contributed by atoms with Gasteiger partial charge in [-0.05, 0) is 118 Å². The van der Waals surface area contributed by atoms with E-state index in [2.05, 4.69) is 33.8 Å². The maximum Gasteiger partial charge on any atom is 0.0657 e. The molecule has 0 aromatic heterocycles. The molecule has 0 radical (unpaired) electrons. The first kappa shape index (κ1) is 21.9. The zero-order valence-corrected chi connectivity index (χ0v) is 19.7. The Bertz CT molecular complexity index is 620. The molecule has 2 heteroatoms. The Morgan fingerprint density at radius 3 is 2.48 bits per heavy atom. The highest BCUT2D eigenvalue weighted by molar-refractivity contribution is 5.21. The molecule has 4 aliphatic carbocycles. The van der Waals surface area contributed by atoms with Gasteiger partial charge in [0.05, 0.1) is 11.7 Å². The van der Waals surface area contributed by atoms with Crippen LogP contribution in [0.4, 0.5) is 0 Å². The van der Waals surface area contributed by atoms with Crippen LogP contribution in [0.1, 0.15) is 98.8 Å². The Balaban J connectivity index is 1.48. The summed E-state index contributed by atoms with van der Waals surface area (Å²) < 4.78 is 0. The number of aliphatic hydroxyl groups excluding tert-OH is 1. The predicted octanol–water partition coefficient (Wildman–Crippen LogP) is 6.36. The number of fused-ring (bicyclic) bond motifs is 5. The molecule has 0 spiro atoms. The van der Waals surface area contributed by atoms with Crippen LogP contribution in [0.3, 0.4) is 0 Å². The van der Waals surface area contributed by atoms with Gasteiger partial charge in [0.25, 0.3) is 0 Å². The highest BCUT2D eigenvalue weighted by Crippen LogP contribution is 2.65. The van der Waals surface area contributed by atoms with Crippen LogP contribution in [-0.4, -0.2) is 21.9 Å². The molecule has 9 atom stereocenters. The van der Waals surface area contributed by atoms with Crippen molar-refractivity contribution in [3.63, 3.8) is 0 Å². The van der Waals surface area contributed by atoms with Crippen molar-refractivity contribution in [2.75, 3.05) is 0 Å². The number of aliphatic hydroxyl groups is 2. The van der Waals surface area contributed by atoms with Crippen molar-refractivity contribution in [2.45, 2.75) is 111 Å². The van der Waals surface area contributed by atoms with Crippen LogP contribution in [0.15, 0.2) is 11.6 Å². The Labute approximate surface area is 179 Å². The molecule has 2 N–H and O–H groups in total. The van der Waals surface area contributed by atoms with Crippen LogP contribution >= 0.6 is 0 Å². The van der Waals surface area contributed by atoms with Gasteiger partial charge in [-0.25, -0.2) is 0 Å². The third-order valence-corrected chi connectivity index (χ3v) is 10.1. The number of allylic oxidation sites excluding steroid dienone is 1. The first-order valence-electron chi connectivity index (χ1n) is 12.7. The summed E-state index contributed by atoms with van der Waals surface area (Å²) >= 11 is 0. The molecule has 29 heavy (non-hydrogen) atoms. The zero-order chi connectivity index (χ0) is 21.0. The predicted molar refractivity (Wildman–Crippen MR) is 120 cm³/mol. The van der Waals surface area contributed by atoms with Crippen molar-refractivity contribution >= 4 is 0 Å². The molecule has 3 saturated carbocycles. The van der Waals surface area contributed by atoms with Crippen LogP contribution in [0.2, 0.25) is 0 Å². The fourth-order valence-corrected chi connectivity index (χ4v) is 8.41. The van der Waals surface area contributed by atoms with Gasteiger partial charge in [-0.15, -0.1) is 0 Å². The third kappa shape index (κ3) is 3.98. The fraction of sp³-hybridized carbons (Fsp3) is 0.926. The summed E-state index contributed by atoms with van der Waals surface area (Å²) in [6.07, 6.45) is 14.2. The molecular weight excluding hydrogens is 356 g/mol. The van der Waals surface area contributed by atoms with E-state index >= 15 is 0 Å². The highest BCUT2D eigenvalue weighted by atomic mass is 16.3. The summed E-state index contributed by atoms with van der Waals surface area (Å²) in [5.74, 6) is 5.07. The summed E-state index contributed by atoms with van der Waals surface area (Å²) in [5, 5.41) is 21.5. The first-order valence-corrected chi connectivity index (χ1v) is 12.7. The van der Waals surface area contributed by atoms with Crippen LogP contribution in [0.5, 0.6) is 0 Å². The summed E-state index contributed by atoms with van der Waals surface area (Å²) in [7, 11) is 0. The van der Waals surface area contributed by atoms with Gasteiger partial charge in [0, 0.05) is 0 Å². The van der Waals surface area contributed by atoms with Gasteiger partial charge in [-0.3, -0.25) is 0 Å². The van der Waals surface area contributed by atoms with E-state index in [1.807, 2.05) is 6.92 Å². The van der Waals surface area contributed by atoms with Crippen LogP contribution < -0.4 is 0 Å². The summed E-state index contributed by atoms with van der Waals surface area (Å²) in [4.78, 5) is 0. The zero-order valence-electron chi connectivity index (χ0n) is 19.7. The van der Waals surface area contributed by atoms with Crippen molar-refractivity contribution in [1.82, 2.24) is 0 Å². The molecule has 0 bridgehead atoms. The lowest BCUT2D eigenvalue weighted by Crippen LogP contribution is -2.48. The molecule has 2 nitrogen and oxygen atoms in total. The van der Waals surface area contributed by atoms with Crippen LogP contribution in [0.25, 0.3) is 0 Å². The van der Waals surface area contributed by atoms with E-state index in [0.29, 0.717) is 23.2 Å². The summed E-state index contributed by atoms with van der Waals surface area (Å²) in [6.45, 7) is 11.5. The van der Waals surface area contributed by atoms with Gasteiger partial charge in [-0.2, -0.15) is 0 Å². The largest absolute Gasteiger partial charge is 0.393 e. The van der Waals surface area contributed by atoms with Gasteiger partial charge in [-0.1, -0.05) is 39.3 Å². The molecule has 0 heterocycles. The minimum Gasteiger partial charge on any atom is -0.393 e. The van der Waals surface area contributed by atoms with Crippen molar-refractivity contribution in [2.24, 2.45) is 46.8 Å². The van der Waals surface area contributed by atoms with E-state index < -0.39 is 5.60 Å². The van der Waals surface area contributed by atoms with Crippen molar-refractivity contribution < 1.29 is 10.2 Å². The SMILES string of the molecule is CC(C)CCC(O)[C@@H](C)[C@H]1CC[C@H]2[C@@H]3CC=C4C[C@@](C)(O)CC[C@@H]4C3CC[C@]12C. The Morgan fingerprint density at radius 1 is 1.00 bits per heavy atom. The smallest absolute Gasteiger partial charge is 0.0657 e. The molecule has 4 aliphatic rings. The normalized spacial score (nSPS) is 46.5. The molecule has 3 fully saturated rings. The molecular formula is C27H46O2. The van der Waals surface area contributed by atoms with Gasteiger partial charge in [0.2, 0.25) is 0 Å². The fourth-order valence-electron chi connectivity index (χ4n) is 8.41. The van der Waals surface area contributed by atoms with Gasteiger partial charge < -0.3 is 10.2 Å². The average Bonchev–Trinajstić information content (AvgIpc) is 3.01. The maximum atomic E-state index is 10.9. The Morgan fingerprint density at radius 2 is 1.76 bits per heavy atom. The molecule has 2 unspecified atom stereocenters. The quantitative estimate of drug-likeness (QED) is 0.525. The second kappa shape index (κ2) is 7.97. The molecule has 0 aromatic carbocycles. The highest BCUT2D eigenvalue weighted by Gasteiger charge is 2.57. The van der Waals surface area contributed by atoms with E-state index in [4.69, 9.17) is 0 Å². The number of hydrogen-bond donors (Lipinski definition) is 2. The molecule has 0 aliphatic heterocycles. The Kier molecular flexibility index (Phi) is 6.01. The summed E-state index contributed by atoms with van der Waals surface area (Å²) in [6, 6.07) is 0. The third-order valence-electron chi connectivity index (χ3n) is 10.1. The van der Waals surface area contributed by atoms with Crippen molar-refractivity contribution in [3.8, 4) is 0 Å². The topological polar surface area (TPSA) is 40.5 Å². The van der Waals surface area contributed by atoms with Crippen LogP contribution in [0, 0.1) is 46.8 Å². The second-order valence-corrected chi connectivity index (χ2v) is 12.4. The Hall–Kier alpha value is -0.340. The first-order chi connectivity index (χ1) is 13.6. The lowest BCUT2D eigenvalue weighted by molar-refractivity contribution is -0.0537. The van der Waals surface area contributed by atoms with Crippen molar-refractivity contribution in [3.05, 3.63) is 11.6 Å². The lowest BCUT2D eigenvalue weighted by atomic mass is 9.50. The molecule has 0 aromatic rings. The van der Waals surface area contributed by atoms with E-state index in [1.54, 1.807) is 5.57 Å². The molecule has 4 rings (SSSR count). The minimum atomic E-state index is -0.474. The molecule has 0 amide bonds. The van der Waals surface area contributed by atoms with Gasteiger partial charge >= 0.3 is 0 Å². The maximum absolute atomic E-state index is 10.9. The monoisotopic (exact) mass is 402 g/mol. The van der Waals surface area contributed by atoms with Crippen LogP contribution in [-0.2, 0) is 0 Å². The van der Waals surface area contributed by atoms with Gasteiger partial charge in [0.1, 0.15) is 0 Å². The van der Waals surface area contributed by atoms with E-state index in [0.717, 1.165) is 49.4 Å². The minimum absolute atomic E-state index is 0.130. The van der Waals surface area contributed by atoms with E-state index in [-0.39, 0.29) is 6.10 Å². The van der Waals surface area contributed by atoms with E-state index in [9.17, 15) is 10.2 Å². The van der Waals surface area contributed by atoms with Gasteiger partial charge in [0.15, 0.2) is 0 Å². The molecule has 0 saturated heterocycles. The van der Waals surface area contributed by atoms with E-state index in [1.165, 1.54) is 38.5 Å². The number of rotatable bonds is 5. The number of hydrogen-bond acceptors (Lipinski definition) is 2. The average molecular weight is 403 g/mol. The molecule has 166 valence electrons. The lowest BCUT2D eigenvalue weighted by Gasteiger charge is -2.55.